The van der Waals surface area contributed by atoms with Gasteiger partial charge in [0.15, 0.2) is 0 Å². The third kappa shape index (κ3) is 3.32. The molecule has 0 aromatic heterocycles. The van der Waals surface area contributed by atoms with Gasteiger partial charge < -0.3 is 0 Å². The number of fused-ring (bicyclic) bond motifs is 1. The largest absolute Gasteiger partial charge is 0.279 e. The molecule has 6 nitrogen and oxygen atoms in total. The topological polar surface area (TPSA) is 89.3 Å². The van der Waals surface area contributed by atoms with Crippen LogP contribution < -0.4 is 4.72 Å². The van der Waals surface area contributed by atoms with Crippen molar-refractivity contribution in [3.05, 3.63) is 76.3 Å². The average molecular weight is 356 g/mol. The summed E-state index contributed by atoms with van der Waals surface area (Å²) in [7, 11) is -3.78. The van der Waals surface area contributed by atoms with Crippen LogP contribution in [0.2, 0.25) is 0 Å². The highest BCUT2D eigenvalue weighted by molar-refractivity contribution is 7.92. The van der Waals surface area contributed by atoms with Gasteiger partial charge in [0.2, 0.25) is 0 Å². The minimum absolute atomic E-state index is 0.0640. The molecule has 7 heteroatoms. The van der Waals surface area contributed by atoms with Crippen LogP contribution >= 0.6 is 0 Å². The molecule has 128 valence electrons. The summed E-state index contributed by atoms with van der Waals surface area (Å²) in [6.45, 7) is 1.99. The highest BCUT2D eigenvalue weighted by Gasteiger charge is 2.18. The van der Waals surface area contributed by atoms with Crippen molar-refractivity contribution in [2.24, 2.45) is 0 Å². The van der Waals surface area contributed by atoms with Crippen LogP contribution in [0.1, 0.15) is 12.5 Å². The zero-order chi connectivity index (χ0) is 18.0. The number of hydrogen-bond acceptors (Lipinski definition) is 4. The number of anilines is 1. The van der Waals surface area contributed by atoms with Gasteiger partial charge in [-0.2, -0.15) is 0 Å². The van der Waals surface area contributed by atoms with Crippen LogP contribution in [0.4, 0.5) is 11.4 Å². The molecule has 3 aromatic rings. The summed E-state index contributed by atoms with van der Waals surface area (Å²) in [5.41, 5.74) is 1.28. The van der Waals surface area contributed by atoms with Crippen LogP contribution in [0, 0.1) is 10.1 Å². The van der Waals surface area contributed by atoms with Gasteiger partial charge in [-0.05, 0) is 36.2 Å². The Morgan fingerprint density at radius 2 is 1.60 bits per heavy atom. The molecule has 0 aliphatic rings. The number of sulfonamides is 1. The first-order chi connectivity index (χ1) is 11.9. The first kappa shape index (κ1) is 16.9. The first-order valence-corrected chi connectivity index (χ1v) is 9.18. The minimum Gasteiger partial charge on any atom is -0.279 e. The molecule has 0 spiro atoms. The molecule has 3 rings (SSSR count). The first-order valence-electron chi connectivity index (χ1n) is 7.70. The predicted octanol–water partition coefficient (Wildman–Crippen LogP) is 4.11. The molecule has 3 aromatic carbocycles. The predicted molar refractivity (Wildman–Crippen MR) is 97.2 cm³/mol. The van der Waals surface area contributed by atoms with E-state index in [0.29, 0.717) is 16.5 Å². The molecule has 0 saturated heterocycles. The Morgan fingerprint density at radius 1 is 0.960 bits per heavy atom. The molecule has 0 fully saturated rings. The van der Waals surface area contributed by atoms with Crippen LogP contribution in [-0.4, -0.2) is 13.3 Å². The van der Waals surface area contributed by atoms with E-state index in [-0.39, 0.29) is 10.6 Å². The number of non-ortho nitro benzene ring substituents is 1. The van der Waals surface area contributed by atoms with E-state index >= 15 is 0 Å². The van der Waals surface area contributed by atoms with Gasteiger partial charge in [-0.1, -0.05) is 37.3 Å². The lowest BCUT2D eigenvalue weighted by Crippen LogP contribution is -2.13. The molecule has 0 aliphatic carbocycles. The third-order valence-electron chi connectivity index (χ3n) is 3.98. The van der Waals surface area contributed by atoms with Crippen molar-refractivity contribution in [2.75, 3.05) is 4.72 Å². The number of benzene rings is 3. The van der Waals surface area contributed by atoms with Crippen molar-refractivity contribution in [1.82, 2.24) is 0 Å². The van der Waals surface area contributed by atoms with Crippen LogP contribution in [0.25, 0.3) is 10.8 Å². The molecule has 0 atom stereocenters. The van der Waals surface area contributed by atoms with Gasteiger partial charge in [-0.15, -0.1) is 0 Å². The number of hydrogen-bond donors (Lipinski definition) is 1. The van der Waals surface area contributed by atoms with Crippen molar-refractivity contribution in [3.63, 3.8) is 0 Å². The van der Waals surface area contributed by atoms with Crippen LogP contribution in [-0.2, 0) is 16.4 Å². The van der Waals surface area contributed by atoms with E-state index in [4.69, 9.17) is 0 Å². The maximum absolute atomic E-state index is 12.6. The number of aryl methyl sites for hydroxylation is 1. The van der Waals surface area contributed by atoms with Crippen LogP contribution in [0.3, 0.4) is 0 Å². The summed E-state index contributed by atoms with van der Waals surface area (Å²) in [6.07, 6.45) is 0.820. The summed E-state index contributed by atoms with van der Waals surface area (Å²) < 4.78 is 27.8. The van der Waals surface area contributed by atoms with Gasteiger partial charge in [0, 0.05) is 11.5 Å². The molecule has 0 aliphatic heterocycles. The Balaban J connectivity index is 2.05. The van der Waals surface area contributed by atoms with Crippen molar-refractivity contribution in [1.29, 1.82) is 0 Å². The van der Waals surface area contributed by atoms with Gasteiger partial charge in [-0.25, -0.2) is 8.42 Å². The minimum atomic E-state index is -3.78. The summed E-state index contributed by atoms with van der Waals surface area (Å²) in [4.78, 5) is 10.8. The summed E-state index contributed by atoms with van der Waals surface area (Å²) >= 11 is 0. The van der Waals surface area contributed by atoms with E-state index < -0.39 is 14.9 Å². The Morgan fingerprint density at radius 3 is 2.24 bits per heavy atom. The molecular weight excluding hydrogens is 340 g/mol. The van der Waals surface area contributed by atoms with Gasteiger partial charge in [0.05, 0.1) is 20.9 Å². The quantitative estimate of drug-likeness (QED) is 0.550. The number of nitrogens with zero attached hydrogens (tertiary/aromatic N) is 1. The van der Waals surface area contributed by atoms with E-state index in [1.807, 2.05) is 6.92 Å². The number of nitro benzene ring substituents is 1. The molecule has 0 amide bonds. The lowest BCUT2D eigenvalue weighted by molar-refractivity contribution is -0.383. The molecule has 0 bridgehead atoms. The number of rotatable bonds is 5. The summed E-state index contributed by atoms with van der Waals surface area (Å²) in [5, 5.41) is 12.0. The maximum atomic E-state index is 12.6. The standard InChI is InChI=1S/C18H16N2O4S/c1-2-13-9-11-14(12-10-13)25(23,24)19-17-7-3-6-16-15(17)5-4-8-18(16)20(21)22/h3-12,19H,2H2,1H3. The molecular formula is C18H16N2O4S. The van der Waals surface area contributed by atoms with Crippen molar-refractivity contribution in [2.45, 2.75) is 18.2 Å². The fraction of sp³-hybridized carbons (Fsp3) is 0.111. The molecule has 0 heterocycles. The van der Waals surface area contributed by atoms with E-state index in [0.717, 1.165) is 12.0 Å². The molecule has 25 heavy (non-hydrogen) atoms. The van der Waals surface area contributed by atoms with Crippen molar-refractivity contribution < 1.29 is 13.3 Å². The number of nitro groups is 1. The van der Waals surface area contributed by atoms with Crippen LogP contribution in [0.15, 0.2) is 65.6 Å². The van der Waals surface area contributed by atoms with E-state index in [1.54, 1.807) is 48.5 Å². The summed E-state index contributed by atoms with van der Waals surface area (Å²) in [5.74, 6) is 0. The molecule has 0 unspecified atom stereocenters. The Hall–Kier alpha value is -2.93. The second-order valence-corrected chi connectivity index (χ2v) is 7.22. The van der Waals surface area contributed by atoms with E-state index in [9.17, 15) is 18.5 Å². The number of nitrogens with one attached hydrogen (secondary N) is 1. The monoisotopic (exact) mass is 356 g/mol. The Bertz CT molecular complexity index is 1040. The normalized spacial score (nSPS) is 11.4. The fourth-order valence-electron chi connectivity index (χ4n) is 2.65. The second kappa shape index (κ2) is 6.52. The highest BCUT2D eigenvalue weighted by atomic mass is 32.2. The third-order valence-corrected chi connectivity index (χ3v) is 5.36. The van der Waals surface area contributed by atoms with E-state index in [1.165, 1.54) is 12.1 Å². The SMILES string of the molecule is CCc1ccc(S(=O)(=O)Nc2cccc3c([N+](=O)[O-])cccc23)cc1. The van der Waals surface area contributed by atoms with Crippen LogP contribution in [0.5, 0.6) is 0 Å². The molecule has 0 radical (unpaired) electrons. The van der Waals surface area contributed by atoms with Crippen molar-refractivity contribution >= 4 is 32.2 Å². The van der Waals surface area contributed by atoms with Gasteiger partial charge in [-0.3, -0.25) is 14.8 Å². The fourth-order valence-corrected chi connectivity index (χ4v) is 3.73. The second-order valence-electron chi connectivity index (χ2n) is 5.54. The Kier molecular flexibility index (Phi) is 4.41. The zero-order valence-electron chi connectivity index (χ0n) is 13.5. The van der Waals surface area contributed by atoms with Gasteiger partial charge >= 0.3 is 0 Å². The lowest BCUT2D eigenvalue weighted by Gasteiger charge is -2.11. The average Bonchev–Trinajstić information content (AvgIpc) is 2.61. The van der Waals surface area contributed by atoms with Crippen molar-refractivity contribution in [3.8, 4) is 0 Å². The Labute approximate surface area is 145 Å². The zero-order valence-corrected chi connectivity index (χ0v) is 14.3. The highest BCUT2D eigenvalue weighted by Crippen LogP contribution is 2.31. The molecule has 0 saturated carbocycles. The lowest BCUT2D eigenvalue weighted by atomic mass is 10.1. The smallest absolute Gasteiger partial charge is 0.277 e. The molecule has 1 N–H and O–H groups in total. The van der Waals surface area contributed by atoms with Gasteiger partial charge in [0.1, 0.15) is 0 Å². The van der Waals surface area contributed by atoms with E-state index in [2.05, 4.69) is 4.72 Å². The summed E-state index contributed by atoms with van der Waals surface area (Å²) in [6, 6.07) is 16.0. The van der Waals surface area contributed by atoms with Gasteiger partial charge in [0.25, 0.3) is 15.7 Å². The maximum Gasteiger partial charge on any atom is 0.277 e.